The summed E-state index contributed by atoms with van der Waals surface area (Å²) < 4.78 is 10.6. The Morgan fingerprint density at radius 3 is 1.90 bits per heavy atom. The molecule has 0 aliphatic heterocycles. The lowest BCUT2D eigenvalue weighted by Gasteiger charge is -2.25. The summed E-state index contributed by atoms with van der Waals surface area (Å²) in [5.41, 5.74) is -1.03. The molecule has 0 saturated heterocycles. The van der Waals surface area contributed by atoms with E-state index in [1.807, 2.05) is 48.5 Å². The molecule has 0 spiro atoms. The number of hydrogen-bond donors (Lipinski definition) is 1. The van der Waals surface area contributed by atoms with Crippen molar-refractivity contribution in [3.8, 4) is 0 Å². The molecule has 0 aromatic carbocycles. The summed E-state index contributed by atoms with van der Waals surface area (Å²) in [6.45, 7) is 13.5. The van der Waals surface area contributed by atoms with Crippen LogP contribution >= 0.6 is 0 Å². The van der Waals surface area contributed by atoms with Gasteiger partial charge in [0, 0.05) is 6.42 Å². The van der Waals surface area contributed by atoms with E-state index in [9.17, 15) is 9.59 Å². The zero-order valence-electron chi connectivity index (χ0n) is 13.8. The predicted octanol–water partition coefficient (Wildman–Crippen LogP) is 2.43. The van der Waals surface area contributed by atoms with Crippen LogP contribution in [0.2, 0.25) is 0 Å². The fraction of sp³-hybridized carbons (Fsp3) is 0.867. The molecule has 0 fully saturated rings. The highest BCUT2D eigenvalue weighted by Gasteiger charge is 2.26. The second-order valence-electron chi connectivity index (χ2n) is 6.77. The number of hydrogen-bond acceptors (Lipinski definition) is 5. The highest BCUT2D eigenvalue weighted by atomic mass is 16.6. The van der Waals surface area contributed by atoms with Crippen LogP contribution in [0.4, 0.5) is 0 Å². The van der Waals surface area contributed by atoms with Gasteiger partial charge in [-0.15, -0.1) is 0 Å². The average molecular weight is 287 g/mol. The fourth-order valence-corrected chi connectivity index (χ4v) is 1.58. The van der Waals surface area contributed by atoms with Crippen molar-refractivity contribution in [2.45, 2.75) is 78.6 Å². The molecule has 0 aliphatic rings. The van der Waals surface area contributed by atoms with Gasteiger partial charge in [-0.3, -0.25) is 9.59 Å². The van der Waals surface area contributed by atoms with Gasteiger partial charge in [-0.2, -0.15) is 0 Å². The number of rotatable bonds is 6. The van der Waals surface area contributed by atoms with Gasteiger partial charge < -0.3 is 14.8 Å². The third-order valence-electron chi connectivity index (χ3n) is 2.20. The molecule has 5 nitrogen and oxygen atoms in total. The molecule has 0 aliphatic carbocycles. The van der Waals surface area contributed by atoms with E-state index in [4.69, 9.17) is 9.47 Å². The van der Waals surface area contributed by atoms with Crippen molar-refractivity contribution in [2.24, 2.45) is 0 Å². The molecule has 0 radical (unpaired) electrons. The van der Waals surface area contributed by atoms with Crippen molar-refractivity contribution >= 4 is 11.9 Å². The largest absolute Gasteiger partial charge is 0.460 e. The molecule has 118 valence electrons. The predicted molar refractivity (Wildman–Crippen MR) is 78.4 cm³/mol. The number of likely N-dealkylation sites (N-methyl/N-ethyl adjacent to an activating group) is 1. The van der Waals surface area contributed by atoms with Crippen molar-refractivity contribution in [2.75, 3.05) is 6.54 Å². The minimum absolute atomic E-state index is 0.189. The van der Waals surface area contributed by atoms with Crippen LogP contribution in [0.1, 0.15) is 61.3 Å². The molecule has 0 aromatic heterocycles. The number of carbonyl (C=O) groups is 2. The normalized spacial score (nSPS) is 13.8. The van der Waals surface area contributed by atoms with Gasteiger partial charge in [0.25, 0.3) is 0 Å². The third kappa shape index (κ3) is 9.78. The lowest BCUT2D eigenvalue weighted by molar-refractivity contribution is -0.158. The Hall–Kier alpha value is -1.10. The van der Waals surface area contributed by atoms with Crippen LogP contribution in [0.3, 0.4) is 0 Å². The van der Waals surface area contributed by atoms with Gasteiger partial charge in [-0.25, -0.2) is 0 Å². The van der Waals surface area contributed by atoms with Crippen molar-refractivity contribution in [1.29, 1.82) is 0 Å². The van der Waals surface area contributed by atoms with Crippen LogP contribution in [0, 0.1) is 0 Å². The smallest absolute Gasteiger partial charge is 0.323 e. The van der Waals surface area contributed by atoms with Crippen LogP contribution in [-0.4, -0.2) is 35.7 Å². The summed E-state index contributed by atoms with van der Waals surface area (Å²) in [5.74, 6) is -0.633. The lowest BCUT2D eigenvalue weighted by Crippen LogP contribution is -2.41. The van der Waals surface area contributed by atoms with Gasteiger partial charge >= 0.3 is 11.9 Å². The molecule has 0 heterocycles. The minimum atomic E-state index is -0.531. The van der Waals surface area contributed by atoms with E-state index in [1.54, 1.807) is 0 Å². The number of ether oxygens (including phenoxy) is 2. The minimum Gasteiger partial charge on any atom is -0.460 e. The molecule has 0 amide bonds. The molecule has 0 bridgehead atoms. The second-order valence-corrected chi connectivity index (χ2v) is 6.77. The Bertz CT molecular complexity index is 326. The summed E-state index contributed by atoms with van der Waals surface area (Å²) >= 11 is 0. The van der Waals surface area contributed by atoms with E-state index >= 15 is 0 Å². The van der Waals surface area contributed by atoms with Crippen LogP contribution in [0.15, 0.2) is 0 Å². The van der Waals surface area contributed by atoms with Crippen molar-refractivity contribution in [3.05, 3.63) is 0 Å². The van der Waals surface area contributed by atoms with Crippen LogP contribution in [-0.2, 0) is 19.1 Å². The van der Waals surface area contributed by atoms with Gasteiger partial charge in [-0.1, -0.05) is 6.92 Å². The molecule has 0 saturated carbocycles. The molecule has 0 aromatic rings. The van der Waals surface area contributed by atoms with E-state index < -0.39 is 17.2 Å². The van der Waals surface area contributed by atoms with Gasteiger partial charge in [0.2, 0.25) is 0 Å². The molecule has 0 unspecified atom stereocenters. The topological polar surface area (TPSA) is 64.6 Å². The Balaban J connectivity index is 4.41. The first-order valence-electron chi connectivity index (χ1n) is 7.12. The van der Waals surface area contributed by atoms with Gasteiger partial charge in [0.15, 0.2) is 0 Å². The van der Waals surface area contributed by atoms with Gasteiger partial charge in [0.05, 0.1) is 0 Å². The number of nitrogens with one attached hydrogen (secondary N) is 1. The maximum absolute atomic E-state index is 12.0. The molecule has 1 N–H and O–H groups in total. The van der Waals surface area contributed by atoms with E-state index in [-0.39, 0.29) is 18.4 Å². The van der Waals surface area contributed by atoms with E-state index in [2.05, 4.69) is 5.32 Å². The average Bonchev–Trinajstić information content (AvgIpc) is 2.18. The highest BCUT2D eigenvalue weighted by molar-refractivity contribution is 5.77. The molecule has 20 heavy (non-hydrogen) atoms. The van der Waals surface area contributed by atoms with Crippen LogP contribution in [0.5, 0.6) is 0 Å². The molecular formula is C15H29NO4. The van der Waals surface area contributed by atoms with E-state index in [0.29, 0.717) is 13.0 Å². The highest BCUT2D eigenvalue weighted by Crippen LogP contribution is 2.13. The Morgan fingerprint density at radius 1 is 1.00 bits per heavy atom. The van der Waals surface area contributed by atoms with Crippen LogP contribution in [0.25, 0.3) is 0 Å². The Morgan fingerprint density at radius 2 is 1.50 bits per heavy atom. The Kier molecular flexibility index (Phi) is 7.20. The maximum Gasteiger partial charge on any atom is 0.323 e. The monoisotopic (exact) mass is 287 g/mol. The quantitative estimate of drug-likeness (QED) is 0.760. The fourth-order valence-electron chi connectivity index (χ4n) is 1.58. The SMILES string of the molecule is CCN[C@@H](CCC(=O)OC(C)(C)C)C(=O)OC(C)(C)C. The molecule has 1 atom stereocenters. The van der Waals surface area contributed by atoms with Crippen molar-refractivity contribution in [3.63, 3.8) is 0 Å². The number of carbonyl (C=O) groups excluding carboxylic acids is 2. The van der Waals surface area contributed by atoms with Gasteiger partial charge in [0.1, 0.15) is 17.2 Å². The van der Waals surface area contributed by atoms with E-state index in [1.165, 1.54) is 0 Å². The van der Waals surface area contributed by atoms with Crippen molar-refractivity contribution in [1.82, 2.24) is 5.32 Å². The summed E-state index contributed by atoms with van der Waals surface area (Å²) in [7, 11) is 0. The van der Waals surface area contributed by atoms with Crippen molar-refractivity contribution < 1.29 is 19.1 Å². The lowest BCUT2D eigenvalue weighted by atomic mass is 10.1. The zero-order chi connectivity index (χ0) is 16.0. The summed E-state index contributed by atoms with van der Waals surface area (Å²) in [6.07, 6.45) is 0.561. The Labute approximate surface area is 122 Å². The summed E-state index contributed by atoms with van der Waals surface area (Å²) in [5, 5.41) is 3.04. The zero-order valence-corrected chi connectivity index (χ0v) is 13.8. The van der Waals surface area contributed by atoms with Gasteiger partial charge in [-0.05, 0) is 54.5 Å². The molecule has 5 heteroatoms. The standard InChI is InChI=1S/C15H29NO4/c1-8-16-11(13(18)20-15(5,6)7)9-10-12(17)19-14(2,3)4/h11,16H,8-10H2,1-7H3/t11-/m0/s1. The maximum atomic E-state index is 12.0. The summed E-state index contributed by atoms with van der Waals surface area (Å²) in [6, 6.07) is -0.480. The second kappa shape index (κ2) is 7.62. The first-order valence-corrected chi connectivity index (χ1v) is 7.12. The molecular weight excluding hydrogens is 258 g/mol. The van der Waals surface area contributed by atoms with E-state index in [0.717, 1.165) is 0 Å². The van der Waals surface area contributed by atoms with Crippen LogP contribution < -0.4 is 5.32 Å². The number of esters is 2. The first-order chi connectivity index (χ1) is 8.94. The third-order valence-corrected chi connectivity index (χ3v) is 2.20. The summed E-state index contributed by atoms with van der Waals surface area (Å²) in [4.78, 5) is 23.7. The first kappa shape index (κ1) is 18.9. The molecule has 0 rings (SSSR count).